The van der Waals surface area contributed by atoms with Crippen LogP contribution < -0.4 is 5.32 Å². The van der Waals surface area contributed by atoms with E-state index in [2.05, 4.69) is 10.4 Å². The van der Waals surface area contributed by atoms with Gasteiger partial charge in [-0.25, -0.2) is 0 Å². The second kappa shape index (κ2) is 6.18. The Balaban J connectivity index is 2.38. The number of aryl methyl sites for hydroxylation is 1. The summed E-state index contributed by atoms with van der Waals surface area (Å²) < 4.78 is 1.83. The van der Waals surface area contributed by atoms with Gasteiger partial charge in [-0.15, -0.1) is 0 Å². The van der Waals surface area contributed by atoms with Crippen LogP contribution in [-0.2, 0) is 6.54 Å². The smallest absolute Gasteiger partial charge is 0.292 e. The fourth-order valence-corrected chi connectivity index (χ4v) is 2.05. The van der Waals surface area contributed by atoms with E-state index in [4.69, 9.17) is 0 Å². The van der Waals surface area contributed by atoms with E-state index in [1.807, 2.05) is 30.7 Å². The fourth-order valence-electron chi connectivity index (χ4n) is 2.05. The molecule has 6 heteroatoms. The Morgan fingerprint density at radius 3 is 2.80 bits per heavy atom. The highest BCUT2D eigenvalue weighted by Crippen LogP contribution is 2.29. The number of nitro groups is 1. The maximum atomic E-state index is 11.1. The topological polar surface area (TPSA) is 73.0 Å². The summed E-state index contributed by atoms with van der Waals surface area (Å²) in [6.07, 6.45) is 2.64. The molecule has 106 valence electrons. The number of hydrogen-bond acceptors (Lipinski definition) is 4. The van der Waals surface area contributed by atoms with E-state index in [1.54, 1.807) is 12.3 Å². The zero-order chi connectivity index (χ0) is 14.5. The van der Waals surface area contributed by atoms with Crippen molar-refractivity contribution in [3.05, 3.63) is 51.8 Å². The third kappa shape index (κ3) is 2.96. The van der Waals surface area contributed by atoms with Gasteiger partial charge in [0.25, 0.3) is 5.69 Å². The molecule has 0 amide bonds. The second-order valence-electron chi connectivity index (χ2n) is 4.63. The quantitative estimate of drug-likeness (QED) is 0.649. The molecule has 0 saturated carbocycles. The third-order valence-electron chi connectivity index (χ3n) is 3.13. The lowest BCUT2D eigenvalue weighted by atomic mass is 10.1. The molecule has 0 unspecified atom stereocenters. The van der Waals surface area contributed by atoms with E-state index in [0.717, 1.165) is 17.7 Å². The maximum absolute atomic E-state index is 11.1. The van der Waals surface area contributed by atoms with Gasteiger partial charge in [0.15, 0.2) is 0 Å². The summed E-state index contributed by atoms with van der Waals surface area (Å²) >= 11 is 0. The Morgan fingerprint density at radius 2 is 2.20 bits per heavy atom. The Bertz CT molecular complexity index is 607. The highest BCUT2D eigenvalue weighted by molar-refractivity contribution is 5.66. The van der Waals surface area contributed by atoms with Crippen molar-refractivity contribution < 1.29 is 4.92 Å². The van der Waals surface area contributed by atoms with Gasteiger partial charge in [-0.05, 0) is 19.4 Å². The minimum absolute atomic E-state index is 0.112. The molecule has 1 N–H and O–H groups in total. The van der Waals surface area contributed by atoms with Gasteiger partial charge in [0.1, 0.15) is 5.69 Å². The first-order chi connectivity index (χ1) is 9.63. The van der Waals surface area contributed by atoms with Crippen molar-refractivity contribution in [3.8, 4) is 0 Å². The maximum Gasteiger partial charge on any atom is 0.292 e. The second-order valence-corrected chi connectivity index (χ2v) is 4.63. The van der Waals surface area contributed by atoms with E-state index >= 15 is 0 Å². The lowest BCUT2D eigenvalue weighted by molar-refractivity contribution is -0.384. The number of hydrogen-bond donors (Lipinski definition) is 1. The molecule has 0 atom stereocenters. The molecule has 1 heterocycles. The Hall–Kier alpha value is -2.37. The molecule has 0 aliphatic heterocycles. The van der Waals surface area contributed by atoms with Gasteiger partial charge in [0, 0.05) is 30.1 Å². The van der Waals surface area contributed by atoms with E-state index in [0.29, 0.717) is 18.8 Å². The van der Waals surface area contributed by atoms with E-state index in [-0.39, 0.29) is 10.6 Å². The standard InChI is InChI=1S/C14H18N4O2/c1-3-8-15-14-12(5-4-6-13(14)18(19)20)10-17-11(2)7-9-16-17/h4-7,9,15H,3,8,10H2,1-2H3. The highest BCUT2D eigenvalue weighted by atomic mass is 16.6. The molecule has 20 heavy (non-hydrogen) atoms. The van der Waals surface area contributed by atoms with Gasteiger partial charge < -0.3 is 5.32 Å². The summed E-state index contributed by atoms with van der Waals surface area (Å²) in [4.78, 5) is 10.8. The fraction of sp³-hybridized carbons (Fsp3) is 0.357. The number of nitrogens with one attached hydrogen (secondary N) is 1. The van der Waals surface area contributed by atoms with Crippen LogP contribution in [0.4, 0.5) is 11.4 Å². The van der Waals surface area contributed by atoms with Crippen LogP contribution in [0.2, 0.25) is 0 Å². The molecular formula is C14H18N4O2. The zero-order valence-electron chi connectivity index (χ0n) is 11.7. The van der Waals surface area contributed by atoms with Gasteiger partial charge in [0.05, 0.1) is 11.5 Å². The van der Waals surface area contributed by atoms with Gasteiger partial charge in [-0.2, -0.15) is 5.10 Å². The van der Waals surface area contributed by atoms with Crippen LogP contribution in [0, 0.1) is 17.0 Å². The summed E-state index contributed by atoms with van der Waals surface area (Å²) in [7, 11) is 0. The average molecular weight is 274 g/mol. The van der Waals surface area contributed by atoms with Crippen molar-refractivity contribution in [3.63, 3.8) is 0 Å². The number of nitrogens with zero attached hydrogens (tertiary/aromatic N) is 3. The summed E-state index contributed by atoms with van der Waals surface area (Å²) in [5.74, 6) is 0. The van der Waals surface area contributed by atoms with Crippen molar-refractivity contribution in [2.75, 3.05) is 11.9 Å². The summed E-state index contributed by atoms with van der Waals surface area (Å²) in [5, 5.41) is 18.5. The molecule has 0 aliphatic carbocycles. The molecular weight excluding hydrogens is 256 g/mol. The van der Waals surface area contributed by atoms with Crippen molar-refractivity contribution in [1.82, 2.24) is 9.78 Å². The Labute approximate surface area is 117 Å². The van der Waals surface area contributed by atoms with Gasteiger partial charge in [0.2, 0.25) is 0 Å². The number of nitro benzene ring substituents is 1. The van der Waals surface area contributed by atoms with Gasteiger partial charge in [-0.3, -0.25) is 14.8 Å². The average Bonchev–Trinajstić information content (AvgIpc) is 2.82. The van der Waals surface area contributed by atoms with E-state index in [9.17, 15) is 10.1 Å². The van der Waals surface area contributed by atoms with Crippen LogP contribution in [0.5, 0.6) is 0 Å². The molecule has 0 bridgehead atoms. The number of rotatable bonds is 6. The van der Waals surface area contributed by atoms with Crippen LogP contribution in [0.3, 0.4) is 0 Å². The van der Waals surface area contributed by atoms with Crippen LogP contribution in [-0.4, -0.2) is 21.2 Å². The first kappa shape index (κ1) is 14.0. The highest BCUT2D eigenvalue weighted by Gasteiger charge is 2.17. The zero-order valence-corrected chi connectivity index (χ0v) is 11.7. The van der Waals surface area contributed by atoms with Crippen molar-refractivity contribution in [2.45, 2.75) is 26.8 Å². The minimum Gasteiger partial charge on any atom is -0.379 e. The molecule has 0 fully saturated rings. The normalized spacial score (nSPS) is 10.5. The Kier molecular flexibility index (Phi) is 4.34. The molecule has 0 spiro atoms. The largest absolute Gasteiger partial charge is 0.379 e. The number of aromatic nitrogens is 2. The molecule has 6 nitrogen and oxygen atoms in total. The summed E-state index contributed by atoms with van der Waals surface area (Å²) in [6, 6.07) is 7.05. The lowest BCUT2D eigenvalue weighted by Crippen LogP contribution is -2.10. The first-order valence-electron chi connectivity index (χ1n) is 6.62. The van der Waals surface area contributed by atoms with Crippen molar-refractivity contribution >= 4 is 11.4 Å². The molecule has 0 aliphatic rings. The lowest BCUT2D eigenvalue weighted by Gasteiger charge is -2.12. The molecule has 2 aromatic rings. The third-order valence-corrected chi connectivity index (χ3v) is 3.13. The van der Waals surface area contributed by atoms with Crippen molar-refractivity contribution in [1.29, 1.82) is 0 Å². The Morgan fingerprint density at radius 1 is 1.40 bits per heavy atom. The SMILES string of the molecule is CCCNc1c(Cn2nccc2C)cccc1[N+](=O)[O-]. The predicted molar refractivity (Wildman–Crippen MR) is 77.9 cm³/mol. The van der Waals surface area contributed by atoms with Crippen LogP contribution in [0.25, 0.3) is 0 Å². The predicted octanol–water partition coefficient (Wildman–Crippen LogP) is 2.97. The van der Waals surface area contributed by atoms with E-state index < -0.39 is 0 Å². The van der Waals surface area contributed by atoms with E-state index in [1.165, 1.54) is 6.07 Å². The van der Waals surface area contributed by atoms with Gasteiger partial charge in [-0.1, -0.05) is 19.1 Å². The summed E-state index contributed by atoms with van der Waals surface area (Å²) in [5.41, 5.74) is 2.60. The van der Waals surface area contributed by atoms with Crippen LogP contribution in [0.15, 0.2) is 30.5 Å². The molecule has 2 rings (SSSR count). The van der Waals surface area contributed by atoms with Crippen LogP contribution in [0.1, 0.15) is 24.6 Å². The monoisotopic (exact) mass is 274 g/mol. The number of para-hydroxylation sites is 1. The number of benzene rings is 1. The molecule has 0 saturated heterocycles. The molecule has 1 aromatic carbocycles. The number of anilines is 1. The van der Waals surface area contributed by atoms with Crippen LogP contribution >= 0.6 is 0 Å². The molecule has 1 aromatic heterocycles. The van der Waals surface area contributed by atoms with Crippen molar-refractivity contribution in [2.24, 2.45) is 0 Å². The minimum atomic E-state index is -0.350. The first-order valence-corrected chi connectivity index (χ1v) is 6.62. The summed E-state index contributed by atoms with van der Waals surface area (Å²) in [6.45, 7) is 5.21. The molecule has 0 radical (unpaired) electrons. The van der Waals surface area contributed by atoms with Gasteiger partial charge >= 0.3 is 0 Å².